The van der Waals surface area contributed by atoms with Gasteiger partial charge in [-0.2, -0.15) is 0 Å². The summed E-state index contributed by atoms with van der Waals surface area (Å²) in [6.07, 6.45) is 5.35. The van der Waals surface area contributed by atoms with Crippen LogP contribution in [0.15, 0.2) is 29.6 Å². The lowest BCUT2D eigenvalue weighted by molar-refractivity contribution is -0.384. The van der Waals surface area contributed by atoms with Crippen molar-refractivity contribution in [2.75, 3.05) is 0 Å². The highest BCUT2D eigenvalue weighted by molar-refractivity contribution is 7.10. The zero-order valence-electron chi connectivity index (χ0n) is 11.6. The average Bonchev–Trinajstić information content (AvgIpc) is 2.98. The van der Waals surface area contributed by atoms with Gasteiger partial charge in [-0.25, -0.2) is 4.98 Å². The summed E-state index contributed by atoms with van der Waals surface area (Å²) < 4.78 is 0. The number of thiazole rings is 1. The van der Waals surface area contributed by atoms with E-state index >= 15 is 0 Å². The molecule has 0 unspecified atom stereocenters. The quantitative estimate of drug-likeness (QED) is 0.690. The molecular formula is C15H17N3O2S. The molecule has 6 heteroatoms. The van der Waals surface area contributed by atoms with Crippen molar-refractivity contribution in [2.24, 2.45) is 5.73 Å². The van der Waals surface area contributed by atoms with Crippen LogP contribution in [0.3, 0.4) is 0 Å². The Morgan fingerprint density at radius 3 is 2.67 bits per heavy atom. The standard InChI is InChI=1S/C15H17N3O2S/c16-15(8-4-1-5-9-15)14-17-12(10-21-14)11-6-2-3-7-13(11)18(19)20/h2-3,6-7,10H,1,4-5,8-9,16H2. The van der Waals surface area contributed by atoms with E-state index in [1.807, 2.05) is 5.38 Å². The van der Waals surface area contributed by atoms with E-state index in [2.05, 4.69) is 4.98 Å². The molecule has 2 aromatic rings. The van der Waals surface area contributed by atoms with Crippen LogP contribution < -0.4 is 5.73 Å². The largest absolute Gasteiger partial charge is 0.319 e. The van der Waals surface area contributed by atoms with E-state index in [4.69, 9.17) is 5.73 Å². The third-order valence-electron chi connectivity index (χ3n) is 4.05. The van der Waals surface area contributed by atoms with Crippen molar-refractivity contribution in [2.45, 2.75) is 37.6 Å². The van der Waals surface area contributed by atoms with E-state index in [-0.39, 0.29) is 16.1 Å². The number of nitro benzene ring substituents is 1. The number of nitrogens with two attached hydrogens (primary N) is 1. The van der Waals surface area contributed by atoms with Gasteiger partial charge in [-0.05, 0) is 18.9 Å². The second-order valence-corrected chi connectivity index (χ2v) is 6.39. The molecule has 0 saturated heterocycles. The van der Waals surface area contributed by atoms with Crippen LogP contribution in [0.25, 0.3) is 11.3 Å². The number of nitrogens with zero attached hydrogens (tertiary/aromatic N) is 2. The molecule has 2 N–H and O–H groups in total. The Morgan fingerprint density at radius 2 is 1.95 bits per heavy atom. The Balaban J connectivity index is 1.97. The van der Waals surface area contributed by atoms with Crippen molar-refractivity contribution in [3.8, 4) is 11.3 Å². The van der Waals surface area contributed by atoms with E-state index in [0.717, 1.165) is 30.7 Å². The summed E-state index contributed by atoms with van der Waals surface area (Å²) in [5, 5.41) is 13.9. The third-order valence-corrected chi connectivity index (χ3v) is 5.11. The van der Waals surface area contributed by atoms with Crippen LogP contribution in [0.1, 0.15) is 37.1 Å². The predicted octanol–water partition coefficient (Wildman–Crippen LogP) is 3.84. The van der Waals surface area contributed by atoms with Gasteiger partial charge >= 0.3 is 0 Å². The van der Waals surface area contributed by atoms with Gasteiger partial charge in [0.05, 0.1) is 21.7 Å². The number of nitro groups is 1. The summed E-state index contributed by atoms with van der Waals surface area (Å²) in [5.74, 6) is 0. The average molecular weight is 303 g/mol. The van der Waals surface area contributed by atoms with Crippen LogP contribution in [-0.2, 0) is 5.54 Å². The van der Waals surface area contributed by atoms with Gasteiger partial charge in [-0.1, -0.05) is 31.4 Å². The van der Waals surface area contributed by atoms with E-state index in [1.165, 1.54) is 23.8 Å². The Bertz CT molecular complexity index is 662. The van der Waals surface area contributed by atoms with E-state index in [9.17, 15) is 10.1 Å². The Kier molecular flexibility index (Phi) is 3.73. The fraction of sp³-hybridized carbons (Fsp3) is 0.400. The van der Waals surface area contributed by atoms with Gasteiger partial charge in [0.15, 0.2) is 0 Å². The molecule has 1 aromatic heterocycles. The molecule has 1 fully saturated rings. The summed E-state index contributed by atoms with van der Waals surface area (Å²) >= 11 is 1.51. The van der Waals surface area contributed by atoms with E-state index in [1.54, 1.807) is 18.2 Å². The second kappa shape index (κ2) is 5.54. The molecule has 0 atom stereocenters. The maximum absolute atomic E-state index is 11.1. The molecule has 5 nitrogen and oxygen atoms in total. The molecule has 21 heavy (non-hydrogen) atoms. The molecule has 110 valence electrons. The molecule has 0 radical (unpaired) electrons. The van der Waals surface area contributed by atoms with Crippen molar-refractivity contribution in [3.63, 3.8) is 0 Å². The van der Waals surface area contributed by atoms with Gasteiger partial charge in [0, 0.05) is 11.4 Å². The highest BCUT2D eigenvalue weighted by Crippen LogP contribution is 2.39. The highest BCUT2D eigenvalue weighted by Gasteiger charge is 2.32. The fourth-order valence-electron chi connectivity index (χ4n) is 2.87. The maximum Gasteiger partial charge on any atom is 0.278 e. The van der Waals surface area contributed by atoms with Crippen molar-refractivity contribution < 1.29 is 4.92 Å². The summed E-state index contributed by atoms with van der Waals surface area (Å²) in [6.45, 7) is 0. The van der Waals surface area contributed by atoms with Gasteiger partial charge in [0.1, 0.15) is 5.01 Å². The molecule has 0 bridgehead atoms. The molecule has 1 aliphatic rings. The van der Waals surface area contributed by atoms with Crippen molar-refractivity contribution in [1.29, 1.82) is 0 Å². The SMILES string of the molecule is NC1(c2nc(-c3ccccc3[N+](=O)[O-])cs2)CCCCC1. The lowest BCUT2D eigenvalue weighted by Crippen LogP contribution is -2.38. The van der Waals surface area contributed by atoms with Gasteiger partial charge in [-0.3, -0.25) is 10.1 Å². The summed E-state index contributed by atoms with van der Waals surface area (Å²) in [6, 6.07) is 6.70. The zero-order chi connectivity index (χ0) is 14.9. The zero-order valence-corrected chi connectivity index (χ0v) is 12.4. The summed E-state index contributed by atoms with van der Waals surface area (Å²) in [5.41, 5.74) is 7.42. The van der Waals surface area contributed by atoms with E-state index < -0.39 is 0 Å². The first-order chi connectivity index (χ1) is 10.1. The third kappa shape index (κ3) is 2.69. The normalized spacial score (nSPS) is 17.6. The van der Waals surface area contributed by atoms with Crippen LogP contribution in [0.5, 0.6) is 0 Å². The molecular weight excluding hydrogens is 286 g/mol. The molecule has 1 heterocycles. The number of rotatable bonds is 3. The minimum absolute atomic E-state index is 0.0871. The Morgan fingerprint density at radius 1 is 1.24 bits per heavy atom. The molecule has 1 saturated carbocycles. The molecule has 1 aliphatic carbocycles. The fourth-order valence-corrected chi connectivity index (χ4v) is 3.86. The number of aromatic nitrogens is 1. The van der Waals surface area contributed by atoms with Gasteiger partial charge < -0.3 is 5.73 Å². The minimum atomic E-state index is -0.368. The molecule has 1 aromatic carbocycles. The topological polar surface area (TPSA) is 82.0 Å². The molecule has 0 aliphatic heterocycles. The Hall–Kier alpha value is -1.79. The van der Waals surface area contributed by atoms with Crippen molar-refractivity contribution in [3.05, 3.63) is 44.8 Å². The second-order valence-electron chi connectivity index (χ2n) is 5.53. The van der Waals surface area contributed by atoms with E-state index in [0.29, 0.717) is 11.3 Å². The molecule has 0 spiro atoms. The van der Waals surface area contributed by atoms with Crippen molar-refractivity contribution >= 4 is 17.0 Å². The van der Waals surface area contributed by atoms with Crippen LogP contribution in [0.2, 0.25) is 0 Å². The minimum Gasteiger partial charge on any atom is -0.319 e. The maximum atomic E-state index is 11.1. The van der Waals surface area contributed by atoms with Gasteiger partial charge in [0.25, 0.3) is 5.69 Å². The highest BCUT2D eigenvalue weighted by atomic mass is 32.1. The van der Waals surface area contributed by atoms with Crippen LogP contribution in [0, 0.1) is 10.1 Å². The first-order valence-corrected chi connectivity index (χ1v) is 7.97. The van der Waals surface area contributed by atoms with Crippen molar-refractivity contribution in [1.82, 2.24) is 4.98 Å². The number of hydrogen-bond acceptors (Lipinski definition) is 5. The predicted molar refractivity (Wildman–Crippen MR) is 83.2 cm³/mol. The van der Waals surface area contributed by atoms with Crippen LogP contribution in [0.4, 0.5) is 5.69 Å². The molecule has 3 rings (SSSR count). The Labute approximate surface area is 127 Å². The smallest absolute Gasteiger partial charge is 0.278 e. The summed E-state index contributed by atoms with van der Waals surface area (Å²) in [7, 11) is 0. The first-order valence-electron chi connectivity index (χ1n) is 7.09. The van der Waals surface area contributed by atoms with Gasteiger partial charge in [-0.15, -0.1) is 11.3 Å². The number of para-hydroxylation sites is 1. The van der Waals surface area contributed by atoms with Crippen LogP contribution >= 0.6 is 11.3 Å². The first kappa shape index (κ1) is 14.2. The van der Waals surface area contributed by atoms with Gasteiger partial charge in [0.2, 0.25) is 0 Å². The lowest BCUT2D eigenvalue weighted by atomic mass is 9.83. The van der Waals surface area contributed by atoms with Crippen LogP contribution in [-0.4, -0.2) is 9.91 Å². The molecule has 0 amide bonds. The number of benzene rings is 1. The number of hydrogen-bond donors (Lipinski definition) is 1. The summed E-state index contributed by atoms with van der Waals surface area (Å²) in [4.78, 5) is 15.4. The lowest BCUT2D eigenvalue weighted by Gasteiger charge is -2.31. The monoisotopic (exact) mass is 303 g/mol.